The Hall–Kier alpha value is -2.11. The third-order valence-electron chi connectivity index (χ3n) is 6.94. The number of piperidine rings is 1. The fraction of sp³-hybridized carbons (Fsp3) is 0.577. The van der Waals surface area contributed by atoms with E-state index >= 15 is 0 Å². The first-order valence-electron chi connectivity index (χ1n) is 11.9. The zero-order valence-corrected chi connectivity index (χ0v) is 18.9. The van der Waals surface area contributed by atoms with Crippen LogP contribution in [0.3, 0.4) is 0 Å². The van der Waals surface area contributed by atoms with Gasteiger partial charge in [-0.25, -0.2) is 0 Å². The van der Waals surface area contributed by atoms with Gasteiger partial charge in [-0.1, -0.05) is 31.4 Å². The molecule has 0 amide bonds. The molecule has 2 aliphatic rings. The summed E-state index contributed by atoms with van der Waals surface area (Å²) in [4.78, 5) is 9.62. The Morgan fingerprint density at radius 1 is 1.06 bits per heavy atom. The molecule has 1 N–H and O–H groups in total. The summed E-state index contributed by atoms with van der Waals surface area (Å²) in [5, 5.41) is 10.2. The standard InChI is InChI=1S/C26H37N3O2/c1-31-26-12-11-21(15-25(26)30)17-28(18-22-7-5-13-27-16-22)19-23-8-6-14-29(20-23)24-9-3-2-4-10-24/h5,7,11-13,15-16,23-24,30H,2-4,6,8-10,14,17-20H2,1H3. The van der Waals surface area contributed by atoms with Gasteiger partial charge in [0.15, 0.2) is 11.5 Å². The molecule has 1 aliphatic heterocycles. The van der Waals surface area contributed by atoms with E-state index < -0.39 is 0 Å². The van der Waals surface area contributed by atoms with E-state index in [2.05, 4.69) is 26.9 Å². The van der Waals surface area contributed by atoms with Gasteiger partial charge in [-0.3, -0.25) is 9.88 Å². The third-order valence-corrected chi connectivity index (χ3v) is 6.94. The highest BCUT2D eigenvalue weighted by Gasteiger charge is 2.28. The molecule has 1 aromatic carbocycles. The van der Waals surface area contributed by atoms with Gasteiger partial charge < -0.3 is 14.7 Å². The van der Waals surface area contributed by atoms with E-state index in [-0.39, 0.29) is 5.75 Å². The topological polar surface area (TPSA) is 48.8 Å². The SMILES string of the molecule is COc1ccc(CN(Cc2cccnc2)CC2CCCN(C3CCCCC3)C2)cc1O. The largest absolute Gasteiger partial charge is 0.504 e. The first-order valence-corrected chi connectivity index (χ1v) is 11.9. The summed E-state index contributed by atoms with van der Waals surface area (Å²) in [6.45, 7) is 5.26. The van der Waals surface area contributed by atoms with Gasteiger partial charge in [0.05, 0.1) is 7.11 Å². The second-order valence-corrected chi connectivity index (χ2v) is 9.33. The van der Waals surface area contributed by atoms with Crippen molar-refractivity contribution in [3.8, 4) is 11.5 Å². The van der Waals surface area contributed by atoms with Crippen LogP contribution in [-0.4, -0.2) is 52.7 Å². The molecule has 5 nitrogen and oxygen atoms in total. The van der Waals surface area contributed by atoms with E-state index in [0.29, 0.717) is 11.7 Å². The molecule has 1 aliphatic carbocycles. The molecule has 1 atom stereocenters. The van der Waals surface area contributed by atoms with Crippen LogP contribution in [0, 0.1) is 5.92 Å². The van der Waals surface area contributed by atoms with Crippen LogP contribution < -0.4 is 4.74 Å². The maximum atomic E-state index is 10.2. The Morgan fingerprint density at radius 3 is 2.65 bits per heavy atom. The predicted molar refractivity (Wildman–Crippen MR) is 124 cm³/mol. The molecule has 2 heterocycles. The van der Waals surface area contributed by atoms with Crippen LogP contribution in [0.25, 0.3) is 0 Å². The van der Waals surface area contributed by atoms with Gasteiger partial charge in [0.25, 0.3) is 0 Å². The number of phenolic OH excluding ortho intramolecular Hbond substituents is 1. The highest BCUT2D eigenvalue weighted by Crippen LogP contribution is 2.29. The average molecular weight is 424 g/mol. The monoisotopic (exact) mass is 423 g/mol. The number of aromatic hydroxyl groups is 1. The fourth-order valence-electron chi connectivity index (χ4n) is 5.42. The van der Waals surface area contributed by atoms with E-state index in [9.17, 15) is 5.11 Å². The minimum Gasteiger partial charge on any atom is -0.504 e. The van der Waals surface area contributed by atoms with Crippen molar-refractivity contribution in [3.05, 3.63) is 53.9 Å². The number of rotatable bonds is 8. The van der Waals surface area contributed by atoms with Gasteiger partial charge in [-0.2, -0.15) is 0 Å². The highest BCUT2D eigenvalue weighted by atomic mass is 16.5. The first kappa shape index (κ1) is 22.1. The number of hydrogen-bond acceptors (Lipinski definition) is 5. The van der Waals surface area contributed by atoms with Gasteiger partial charge in [-0.05, 0) is 67.5 Å². The molecular weight excluding hydrogens is 386 g/mol. The Labute approximate surface area is 187 Å². The first-order chi connectivity index (χ1) is 15.2. The number of likely N-dealkylation sites (tertiary alicyclic amines) is 1. The predicted octanol–water partition coefficient (Wildman–Crippen LogP) is 4.84. The zero-order chi connectivity index (χ0) is 21.5. The molecular formula is C26H37N3O2. The number of benzene rings is 1. The van der Waals surface area contributed by atoms with Crippen molar-refractivity contribution in [2.45, 2.75) is 64.1 Å². The molecule has 1 unspecified atom stereocenters. The molecule has 0 spiro atoms. The van der Waals surface area contributed by atoms with Crippen LogP contribution in [-0.2, 0) is 13.1 Å². The Kier molecular flexibility index (Phi) is 7.81. The summed E-state index contributed by atoms with van der Waals surface area (Å²) in [6.07, 6.45) is 13.4. The second-order valence-electron chi connectivity index (χ2n) is 9.33. The van der Waals surface area contributed by atoms with E-state index in [1.54, 1.807) is 7.11 Å². The molecule has 2 fully saturated rings. The molecule has 0 bridgehead atoms. The van der Waals surface area contributed by atoms with Crippen LogP contribution >= 0.6 is 0 Å². The maximum Gasteiger partial charge on any atom is 0.160 e. The molecule has 5 heteroatoms. The smallest absolute Gasteiger partial charge is 0.160 e. The number of pyridine rings is 1. The molecule has 168 valence electrons. The third kappa shape index (κ3) is 6.20. The molecule has 31 heavy (non-hydrogen) atoms. The number of hydrogen-bond donors (Lipinski definition) is 1. The van der Waals surface area contributed by atoms with Crippen LogP contribution in [0.1, 0.15) is 56.1 Å². The van der Waals surface area contributed by atoms with Crippen LogP contribution in [0.15, 0.2) is 42.7 Å². The molecule has 0 radical (unpaired) electrons. The average Bonchev–Trinajstić information content (AvgIpc) is 2.81. The summed E-state index contributed by atoms with van der Waals surface area (Å²) in [5.41, 5.74) is 2.35. The summed E-state index contributed by atoms with van der Waals surface area (Å²) < 4.78 is 5.21. The summed E-state index contributed by atoms with van der Waals surface area (Å²) >= 11 is 0. The van der Waals surface area contributed by atoms with Crippen molar-refractivity contribution in [3.63, 3.8) is 0 Å². The van der Waals surface area contributed by atoms with Crippen LogP contribution in [0.2, 0.25) is 0 Å². The lowest BCUT2D eigenvalue weighted by Crippen LogP contribution is -2.46. The molecule has 2 aromatic rings. The van der Waals surface area contributed by atoms with Crippen molar-refractivity contribution in [2.24, 2.45) is 5.92 Å². The quantitative estimate of drug-likeness (QED) is 0.658. The lowest BCUT2D eigenvalue weighted by Gasteiger charge is -2.41. The van der Waals surface area contributed by atoms with Crippen molar-refractivity contribution in [1.29, 1.82) is 0 Å². The minimum atomic E-state index is 0.211. The van der Waals surface area contributed by atoms with Gasteiger partial charge in [0.2, 0.25) is 0 Å². The maximum absolute atomic E-state index is 10.2. The number of ether oxygens (including phenoxy) is 1. The molecule has 1 aromatic heterocycles. The van der Waals surface area contributed by atoms with Crippen molar-refractivity contribution < 1.29 is 9.84 Å². The summed E-state index contributed by atoms with van der Waals surface area (Å²) in [6, 6.07) is 10.7. The van der Waals surface area contributed by atoms with E-state index in [1.165, 1.54) is 63.6 Å². The van der Waals surface area contributed by atoms with Crippen LogP contribution in [0.5, 0.6) is 11.5 Å². The minimum absolute atomic E-state index is 0.211. The zero-order valence-electron chi connectivity index (χ0n) is 18.9. The van der Waals surface area contributed by atoms with Gasteiger partial charge in [-0.15, -0.1) is 0 Å². The van der Waals surface area contributed by atoms with Crippen LogP contribution in [0.4, 0.5) is 0 Å². The van der Waals surface area contributed by atoms with E-state index in [4.69, 9.17) is 4.74 Å². The number of nitrogens with zero attached hydrogens (tertiary/aromatic N) is 3. The fourth-order valence-corrected chi connectivity index (χ4v) is 5.42. The lowest BCUT2D eigenvalue weighted by atomic mass is 9.90. The van der Waals surface area contributed by atoms with E-state index in [0.717, 1.165) is 31.2 Å². The second kappa shape index (κ2) is 11.0. The molecule has 1 saturated heterocycles. The Bertz CT molecular complexity index is 808. The van der Waals surface area contributed by atoms with Gasteiger partial charge in [0, 0.05) is 44.6 Å². The number of phenols is 1. The summed E-state index contributed by atoms with van der Waals surface area (Å²) in [7, 11) is 1.59. The normalized spacial score (nSPS) is 20.8. The number of methoxy groups -OCH3 is 1. The molecule has 1 saturated carbocycles. The van der Waals surface area contributed by atoms with Crippen molar-refractivity contribution >= 4 is 0 Å². The Morgan fingerprint density at radius 2 is 1.90 bits per heavy atom. The van der Waals surface area contributed by atoms with Gasteiger partial charge in [0.1, 0.15) is 0 Å². The summed E-state index contributed by atoms with van der Waals surface area (Å²) in [5.74, 6) is 1.43. The Balaban J connectivity index is 1.44. The van der Waals surface area contributed by atoms with E-state index in [1.807, 2.05) is 30.6 Å². The van der Waals surface area contributed by atoms with Gasteiger partial charge >= 0.3 is 0 Å². The van der Waals surface area contributed by atoms with Crippen molar-refractivity contribution in [2.75, 3.05) is 26.7 Å². The number of aromatic nitrogens is 1. The van der Waals surface area contributed by atoms with Crippen molar-refractivity contribution in [1.82, 2.24) is 14.8 Å². The highest BCUT2D eigenvalue weighted by molar-refractivity contribution is 5.41. The molecule has 4 rings (SSSR count). The lowest BCUT2D eigenvalue weighted by molar-refractivity contribution is 0.0771.